The fourth-order valence-electron chi connectivity index (χ4n) is 3.16. The van der Waals surface area contributed by atoms with Crippen LogP contribution in [0.25, 0.3) is 0 Å². The molecule has 1 aliphatic heterocycles. The van der Waals surface area contributed by atoms with Gasteiger partial charge < -0.3 is 4.74 Å². The Kier molecular flexibility index (Phi) is 3.90. The molecule has 3 heteroatoms. The Morgan fingerprint density at radius 2 is 1.20 bits per heavy atom. The van der Waals surface area contributed by atoms with E-state index in [0.717, 1.165) is 16.7 Å². The van der Waals surface area contributed by atoms with Crippen molar-refractivity contribution in [2.45, 2.75) is 12.0 Å². The number of hydrogen-bond acceptors (Lipinski definition) is 2. The van der Waals surface area contributed by atoms with E-state index in [9.17, 15) is 4.79 Å². The second-order valence-corrected chi connectivity index (χ2v) is 5.99. The molecule has 4 rings (SSSR count). The van der Waals surface area contributed by atoms with Crippen molar-refractivity contribution in [3.05, 3.63) is 108 Å². The molecule has 0 aromatic heterocycles. The van der Waals surface area contributed by atoms with E-state index >= 15 is 0 Å². The summed E-state index contributed by atoms with van der Waals surface area (Å²) >= 11 is 0. The van der Waals surface area contributed by atoms with Crippen LogP contribution in [0.1, 0.15) is 16.7 Å². The SMILES string of the molecule is O=C1N=C(Cc2ccccc2)OC1(c1ccccc1)c1ccccc1. The summed E-state index contributed by atoms with van der Waals surface area (Å²) in [7, 11) is 0. The molecule has 0 radical (unpaired) electrons. The molecule has 3 nitrogen and oxygen atoms in total. The van der Waals surface area contributed by atoms with E-state index in [4.69, 9.17) is 4.74 Å². The molecule has 0 aliphatic carbocycles. The number of aliphatic imine (C=N–C) groups is 1. The number of ether oxygens (including phenoxy) is 1. The summed E-state index contributed by atoms with van der Waals surface area (Å²) in [5, 5.41) is 0. The van der Waals surface area contributed by atoms with Gasteiger partial charge in [-0.15, -0.1) is 0 Å². The number of nitrogens with zero attached hydrogens (tertiary/aromatic N) is 1. The highest BCUT2D eigenvalue weighted by Gasteiger charge is 2.49. The predicted octanol–water partition coefficient (Wildman–Crippen LogP) is 4.13. The maximum Gasteiger partial charge on any atom is 0.302 e. The molecule has 3 aromatic carbocycles. The van der Waals surface area contributed by atoms with E-state index in [1.165, 1.54) is 0 Å². The minimum Gasteiger partial charge on any atom is -0.454 e. The first-order chi connectivity index (χ1) is 12.3. The Hall–Kier alpha value is -3.20. The summed E-state index contributed by atoms with van der Waals surface area (Å²) in [5.41, 5.74) is 1.44. The molecule has 0 saturated heterocycles. The van der Waals surface area contributed by atoms with Gasteiger partial charge in [0.2, 0.25) is 5.60 Å². The van der Waals surface area contributed by atoms with Gasteiger partial charge in [-0.1, -0.05) is 91.0 Å². The second kappa shape index (κ2) is 6.36. The summed E-state index contributed by atoms with van der Waals surface area (Å²) < 4.78 is 6.24. The van der Waals surface area contributed by atoms with E-state index in [1.807, 2.05) is 91.0 Å². The molecule has 0 unspecified atom stereocenters. The second-order valence-electron chi connectivity index (χ2n) is 5.99. The maximum absolute atomic E-state index is 13.0. The average Bonchev–Trinajstić information content (AvgIpc) is 3.01. The normalized spacial score (nSPS) is 15.5. The molecule has 3 aromatic rings. The van der Waals surface area contributed by atoms with Crippen molar-refractivity contribution in [1.29, 1.82) is 0 Å². The number of benzene rings is 3. The minimum atomic E-state index is -1.20. The molecule has 1 aliphatic rings. The highest BCUT2D eigenvalue weighted by molar-refractivity contribution is 6.05. The summed E-state index contributed by atoms with van der Waals surface area (Å²) in [5.74, 6) is 0.166. The van der Waals surface area contributed by atoms with Crippen molar-refractivity contribution >= 4 is 11.8 Å². The lowest BCUT2D eigenvalue weighted by molar-refractivity contribution is -0.128. The van der Waals surface area contributed by atoms with Crippen molar-refractivity contribution in [3.8, 4) is 0 Å². The third-order valence-electron chi connectivity index (χ3n) is 4.36. The smallest absolute Gasteiger partial charge is 0.302 e. The molecule has 0 atom stereocenters. The Labute approximate surface area is 146 Å². The fourth-order valence-corrected chi connectivity index (χ4v) is 3.16. The van der Waals surface area contributed by atoms with E-state index in [2.05, 4.69) is 4.99 Å². The Balaban J connectivity index is 1.75. The van der Waals surface area contributed by atoms with E-state index < -0.39 is 5.60 Å². The molecule has 0 fully saturated rings. The molecular formula is C22H17NO2. The molecule has 1 amide bonds. The summed E-state index contributed by atoms with van der Waals surface area (Å²) in [6, 6.07) is 29.0. The van der Waals surface area contributed by atoms with E-state index in [-0.39, 0.29) is 5.91 Å². The van der Waals surface area contributed by atoms with Gasteiger partial charge in [-0.25, -0.2) is 0 Å². The molecule has 1 heterocycles. The number of carbonyl (C=O) groups excluding carboxylic acids is 1. The van der Waals surface area contributed by atoms with Crippen LogP contribution < -0.4 is 0 Å². The third-order valence-corrected chi connectivity index (χ3v) is 4.36. The largest absolute Gasteiger partial charge is 0.454 e. The van der Waals surface area contributed by atoms with E-state index in [1.54, 1.807) is 0 Å². The van der Waals surface area contributed by atoms with Crippen LogP contribution in [0.4, 0.5) is 0 Å². The quantitative estimate of drug-likeness (QED) is 0.723. The first-order valence-corrected chi connectivity index (χ1v) is 8.25. The van der Waals surface area contributed by atoms with Gasteiger partial charge in [0.25, 0.3) is 0 Å². The van der Waals surface area contributed by atoms with Crippen LogP contribution in [-0.4, -0.2) is 11.8 Å². The van der Waals surface area contributed by atoms with Crippen molar-refractivity contribution in [2.75, 3.05) is 0 Å². The van der Waals surface area contributed by atoms with Gasteiger partial charge >= 0.3 is 5.91 Å². The molecule has 0 spiro atoms. The van der Waals surface area contributed by atoms with Gasteiger partial charge in [-0.05, 0) is 5.56 Å². The zero-order valence-corrected chi connectivity index (χ0v) is 13.6. The van der Waals surface area contributed by atoms with Crippen LogP contribution in [0.5, 0.6) is 0 Å². The summed E-state index contributed by atoms with van der Waals surface area (Å²) in [4.78, 5) is 17.2. The fraction of sp³-hybridized carbons (Fsp3) is 0.0909. The Morgan fingerprint density at radius 3 is 1.72 bits per heavy atom. The summed E-state index contributed by atoms with van der Waals surface area (Å²) in [6.07, 6.45) is 0.494. The van der Waals surface area contributed by atoms with Gasteiger partial charge in [-0.3, -0.25) is 4.79 Å². The van der Waals surface area contributed by atoms with Crippen LogP contribution >= 0.6 is 0 Å². The van der Waals surface area contributed by atoms with Crippen LogP contribution in [0.3, 0.4) is 0 Å². The van der Waals surface area contributed by atoms with Crippen LogP contribution in [0.2, 0.25) is 0 Å². The average molecular weight is 327 g/mol. The lowest BCUT2D eigenvalue weighted by Crippen LogP contribution is -2.36. The number of amides is 1. The molecule has 25 heavy (non-hydrogen) atoms. The van der Waals surface area contributed by atoms with Gasteiger partial charge in [-0.2, -0.15) is 4.99 Å². The summed E-state index contributed by atoms with van der Waals surface area (Å²) in [6.45, 7) is 0. The standard InChI is InChI=1S/C22H17NO2/c24-21-22(18-12-6-2-7-13-18,19-14-8-3-9-15-19)25-20(23-21)16-17-10-4-1-5-11-17/h1-15H,16H2. The van der Waals surface area contributed by atoms with E-state index in [0.29, 0.717) is 12.3 Å². The van der Waals surface area contributed by atoms with Crippen LogP contribution in [-0.2, 0) is 21.6 Å². The highest BCUT2D eigenvalue weighted by atomic mass is 16.5. The molecule has 0 bridgehead atoms. The van der Waals surface area contributed by atoms with Gasteiger partial charge in [0, 0.05) is 17.5 Å². The van der Waals surface area contributed by atoms with Crippen LogP contribution in [0, 0.1) is 0 Å². The van der Waals surface area contributed by atoms with Crippen molar-refractivity contribution in [3.63, 3.8) is 0 Å². The van der Waals surface area contributed by atoms with Gasteiger partial charge in [0.15, 0.2) is 5.90 Å². The Morgan fingerprint density at radius 1 is 0.720 bits per heavy atom. The Bertz CT molecular complexity index is 863. The van der Waals surface area contributed by atoms with Crippen molar-refractivity contribution in [1.82, 2.24) is 0 Å². The van der Waals surface area contributed by atoms with Gasteiger partial charge in [0.1, 0.15) is 0 Å². The van der Waals surface area contributed by atoms with Gasteiger partial charge in [0.05, 0.1) is 0 Å². The predicted molar refractivity (Wildman–Crippen MR) is 97.3 cm³/mol. The topological polar surface area (TPSA) is 38.7 Å². The van der Waals surface area contributed by atoms with Crippen molar-refractivity contribution in [2.24, 2.45) is 4.99 Å². The molecule has 0 N–H and O–H groups in total. The number of carbonyl (C=O) groups is 1. The highest BCUT2D eigenvalue weighted by Crippen LogP contribution is 2.39. The first kappa shape index (κ1) is 15.3. The minimum absolute atomic E-state index is 0.282. The first-order valence-electron chi connectivity index (χ1n) is 8.25. The lowest BCUT2D eigenvalue weighted by Gasteiger charge is -2.27. The lowest BCUT2D eigenvalue weighted by atomic mass is 9.86. The molecule has 122 valence electrons. The number of rotatable bonds is 4. The zero-order chi connectivity index (χ0) is 17.1. The monoisotopic (exact) mass is 327 g/mol. The third kappa shape index (κ3) is 2.74. The zero-order valence-electron chi connectivity index (χ0n) is 13.6. The van der Waals surface area contributed by atoms with Crippen molar-refractivity contribution < 1.29 is 9.53 Å². The molecular weight excluding hydrogens is 310 g/mol. The number of hydrogen-bond donors (Lipinski definition) is 0. The van der Waals surface area contributed by atoms with Crippen LogP contribution in [0.15, 0.2) is 96.0 Å². The maximum atomic E-state index is 13.0. The molecule has 0 saturated carbocycles.